The summed E-state index contributed by atoms with van der Waals surface area (Å²) < 4.78 is 34.7. The van der Waals surface area contributed by atoms with Crippen LogP contribution in [0.4, 0.5) is 5.69 Å². The van der Waals surface area contributed by atoms with Gasteiger partial charge in [-0.3, -0.25) is 4.79 Å². The normalized spacial score (nSPS) is 19.7. The number of hydrogen-bond donors (Lipinski definition) is 0. The van der Waals surface area contributed by atoms with Gasteiger partial charge in [0.25, 0.3) is 5.91 Å². The van der Waals surface area contributed by atoms with Crippen molar-refractivity contribution in [1.82, 2.24) is 4.31 Å². The average molecular weight is 507 g/mol. The lowest BCUT2D eigenvalue weighted by molar-refractivity contribution is 0.0981. The van der Waals surface area contributed by atoms with Crippen molar-refractivity contribution in [3.8, 4) is 5.75 Å². The van der Waals surface area contributed by atoms with Gasteiger partial charge in [-0.1, -0.05) is 28.8 Å². The molecule has 2 aromatic carbocycles. The molecule has 0 bridgehead atoms. The quantitative estimate of drug-likeness (QED) is 0.606. The van der Waals surface area contributed by atoms with Gasteiger partial charge >= 0.3 is 0 Å². The van der Waals surface area contributed by atoms with Gasteiger partial charge in [0.2, 0.25) is 10.0 Å². The molecule has 0 N–H and O–H groups in total. The van der Waals surface area contributed by atoms with E-state index in [4.69, 9.17) is 4.74 Å². The Morgan fingerprint density at radius 1 is 1.06 bits per heavy atom. The number of sulfonamides is 1. The standard InChI is InChI=1S/C23H27BrN2O4S/c1-16-13-18-14-19(24)8-9-20(18)26(16)23(27)17-7-10-21(30-2)22(15-17)31(28,29)25-11-5-3-4-6-12-25/h7-10,14-16H,3-6,11-13H2,1-2H3. The first-order valence-electron chi connectivity index (χ1n) is 10.6. The molecule has 31 heavy (non-hydrogen) atoms. The summed E-state index contributed by atoms with van der Waals surface area (Å²) in [6, 6.07) is 10.6. The van der Waals surface area contributed by atoms with Crippen LogP contribution < -0.4 is 9.64 Å². The highest BCUT2D eigenvalue weighted by Gasteiger charge is 2.34. The number of methoxy groups -OCH3 is 1. The fourth-order valence-corrected chi connectivity index (χ4v) is 6.59. The van der Waals surface area contributed by atoms with Crippen LogP contribution in [-0.4, -0.2) is 44.9 Å². The van der Waals surface area contributed by atoms with Crippen molar-refractivity contribution in [1.29, 1.82) is 0 Å². The van der Waals surface area contributed by atoms with Crippen LogP contribution in [0.1, 0.15) is 48.5 Å². The van der Waals surface area contributed by atoms with E-state index in [0.29, 0.717) is 18.7 Å². The first kappa shape index (κ1) is 22.3. The lowest BCUT2D eigenvalue weighted by atomic mass is 10.1. The van der Waals surface area contributed by atoms with Gasteiger partial charge < -0.3 is 9.64 Å². The Morgan fingerprint density at radius 2 is 1.77 bits per heavy atom. The summed E-state index contributed by atoms with van der Waals surface area (Å²) in [4.78, 5) is 15.3. The molecule has 2 aromatic rings. The molecule has 8 heteroatoms. The van der Waals surface area contributed by atoms with Crippen molar-refractivity contribution in [2.45, 2.75) is 50.0 Å². The number of carbonyl (C=O) groups is 1. The molecule has 6 nitrogen and oxygen atoms in total. The van der Waals surface area contributed by atoms with E-state index in [2.05, 4.69) is 15.9 Å². The summed E-state index contributed by atoms with van der Waals surface area (Å²) in [5.41, 5.74) is 2.31. The van der Waals surface area contributed by atoms with Crippen LogP contribution in [0.15, 0.2) is 45.8 Å². The molecule has 0 aromatic heterocycles. The monoisotopic (exact) mass is 506 g/mol. The van der Waals surface area contributed by atoms with Crippen molar-refractivity contribution in [3.05, 3.63) is 52.0 Å². The summed E-state index contributed by atoms with van der Waals surface area (Å²) in [6.45, 7) is 2.99. The van der Waals surface area contributed by atoms with Gasteiger partial charge in [0, 0.05) is 34.9 Å². The van der Waals surface area contributed by atoms with Gasteiger partial charge in [-0.25, -0.2) is 8.42 Å². The highest BCUT2D eigenvalue weighted by Crippen LogP contribution is 2.36. The molecule has 0 aliphatic carbocycles. The molecule has 0 radical (unpaired) electrons. The summed E-state index contributed by atoms with van der Waals surface area (Å²) in [5, 5.41) is 0. The summed E-state index contributed by atoms with van der Waals surface area (Å²) in [5.74, 6) is 0.0585. The third kappa shape index (κ3) is 4.25. The zero-order chi connectivity index (χ0) is 22.2. The van der Waals surface area contributed by atoms with E-state index >= 15 is 0 Å². The van der Waals surface area contributed by atoms with Gasteiger partial charge in [-0.05, 0) is 68.1 Å². The van der Waals surface area contributed by atoms with Crippen LogP contribution in [0.25, 0.3) is 0 Å². The van der Waals surface area contributed by atoms with Crippen LogP contribution in [0.5, 0.6) is 5.75 Å². The minimum Gasteiger partial charge on any atom is -0.495 e. The molecular formula is C23H27BrN2O4S. The topological polar surface area (TPSA) is 66.9 Å². The Morgan fingerprint density at radius 3 is 2.45 bits per heavy atom. The van der Waals surface area contributed by atoms with E-state index in [9.17, 15) is 13.2 Å². The minimum absolute atomic E-state index is 0.00966. The number of halogens is 1. The van der Waals surface area contributed by atoms with Gasteiger partial charge in [0.05, 0.1) is 7.11 Å². The molecule has 0 saturated carbocycles. The zero-order valence-corrected chi connectivity index (χ0v) is 20.2. The van der Waals surface area contributed by atoms with Crippen LogP contribution in [0.2, 0.25) is 0 Å². The Kier molecular flexibility index (Phi) is 6.42. The van der Waals surface area contributed by atoms with Crippen molar-refractivity contribution in [3.63, 3.8) is 0 Å². The molecule has 1 saturated heterocycles. The number of hydrogen-bond acceptors (Lipinski definition) is 4. The number of fused-ring (bicyclic) bond motifs is 1. The number of anilines is 1. The zero-order valence-electron chi connectivity index (χ0n) is 17.8. The fourth-order valence-electron chi connectivity index (χ4n) is 4.48. The molecule has 2 heterocycles. The van der Waals surface area contributed by atoms with E-state index < -0.39 is 10.0 Å². The number of rotatable bonds is 4. The molecule has 166 valence electrons. The van der Waals surface area contributed by atoms with Crippen LogP contribution in [-0.2, 0) is 16.4 Å². The molecule has 2 aliphatic heterocycles. The molecule has 0 spiro atoms. The summed E-state index contributed by atoms with van der Waals surface area (Å²) in [6.07, 6.45) is 4.51. The molecule has 1 atom stereocenters. The molecule has 2 aliphatic rings. The van der Waals surface area contributed by atoms with Crippen molar-refractivity contribution < 1.29 is 17.9 Å². The Bertz CT molecular complexity index is 1090. The maximum atomic E-state index is 13.5. The number of benzene rings is 2. The predicted molar refractivity (Wildman–Crippen MR) is 124 cm³/mol. The predicted octanol–water partition coefficient (Wildman–Crippen LogP) is 4.61. The Labute approximate surface area is 192 Å². The molecule has 1 fully saturated rings. The van der Waals surface area contributed by atoms with Gasteiger partial charge in [-0.2, -0.15) is 4.31 Å². The lowest BCUT2D eigenvalue weighted by Crippen LogP contribution is -2.36. The lowest BCUT2D eigenvalue weighted by Gasteiger charge is -2.24. The first-order chi connectivity index (χ1) is 14.8. The molecule has 1 amide bonds. The van der Waals surface area contributed by atoms with E-state index in [1.54, 1.807) is 17.0 Å². The largest absolute Gasteiger partial charge is 0.495 e. The van der Waals surface area contributed by atoms with E-state index in [-0.39, 0.29) is 22.6 Å². The van der Waals surface area contributed by atoms with Crippen LogP contribution in [0, 0.1) is 0 Å². The maximum absolute atomic E-state index is 13.5. The highest BCUT2D eigenvalue weighted by molar-refractivity contribution is 9.10. The Balaban J connectivity index is 1.72. The number of ether oxygens (including phenoxy) is 1. The van der Waals surface area contributed by atoms with E-state index in [1.165, 1.54) is 17.5 Å². The Hall–Kier alpha value is -1.90. The van der Waals surface area contributed by atoms with Gasteiger partial charge in [0.15, 0.2) is 0 Å². The highest BCUT2D eigenvalue weighted by atomic mass is 79.9. The summed E-state index contributed by atoms with van der Waals surface area (Å²) >= 11 is 3.49. The van der Waals surface area contributed by atoms with E-state index in [1.807, 2.05) is 25.1 Å². The second kappa shape index (κ2) is 8.92. The van der Waals surface area contributed by atoms with Crippen molar-refractivity contribution in [2.75, 3.05) is 25.1 Å². The molecule has 1 unspecified atom stereocenters. The number of carbonyl (C=O) groups excluding carboxylic acids is 1. The minimum atomic E-state index is -3.76. The second-order valence-corrected chi connectivity index (χ2v) is 11.0. The average Bonchev–Trinajstić information content (AvgIpc) is 2.92. The van der Waals surface area contributed by atoms with Gasteiger partial charge in [0.1, 0.15) is 10.6 Å². The fraction of sp³-hybridized carbons (Fsp3) is 0.435. The van der Waals surface area contributed by atoms with Gasteiger partial charge in [-0.15, -0.1) is 0 Å². The first-order valence-corrected chi connectivity index (χ1v) is 12.9. The maximum Gasteiger partial charge on any atom is 0.258 e. The summed E-state index contributed by atoms with van der Waals surface area (Å²) in [7, 11) is -2.30. The van der Waals surface area contributed by atoms with Crippen molar-refractivity contribution >= 4 is 37.5 Å². The SMILES string of the molecule is COc1ccc(C(=O)N2c3ccc(Br)cc3CC2C)cc1S(=O)(=O)N1CCCCCC1. The van der Waals surface area contributed by atoms with Crippen LogP contribution >= 0.6 is 15.9 Å². The molecular weight excluding hydrogens is 480 g/mol. The third-order valence-electron chi connectivity index (χ3n) is 6.07. The second-order valence-electron chi connectivity index (χ2n) is 8.19. The number of amides is 1. The van der Waals surface area contributed by atoms with Crippen LogP contribution in [0.3, 0.4) is 0 Å². The molecule has 4 rings (SSSR count). The third-order valence-corrected chi connectivity index (χ3v) is 8.48. The number of nitrogens with zero attached hydrogens (tertiary/aromatic N) is 2. The van der Waals surface area contributed by atoms with Crippen molar-refractivity contribution in [2.24, 2.45) is 0 Å². The smallest absolute Gasteiger partial charge is 0.258 e. The van der Waals surface area contributed by atoms with E-state index in [0.717, 1.165) is 47.8 Å².